The molecule has 1 saturated heterocycles. The van der Waals surface area contributed by atoms with E-state index in [1.165, 1.54) is 4.90 Å². The van der Waals surface area contributed by atoms with Crippen molar-refractivity contribution in [2.75, 3.05) is 6.54 Å². The van der Waals surface area contributed by atoms with Crippen LogP contribution in [-0.2, 0) is 11.8 Å². The number of amides is 1. The standard InChI is InChI=1S/C15H19N5O3/c1-8-13(9(2)19(3)18-8)10-7-11(17-16-10)14(21)20-6-4-5-12(20)15(22)23/h7,12H,4-6H2,1-3H3,(H,16,17)(H,22,23)/t12-/m0/s1. The largest absolute Gasteiger partial charge is 0.480 e. The van der Waals surface area contributed by atoms with Crippen LogP contribution in [0, 0.1) is 13.8 Å². The number of carboxylic acids is 1. The van der Waals surface area contributed by atoms with E-state index in [9.17, 15) is 14.7 Å². The summed E-state index contributed by atoms with van der Waals surface area (Å²) in [5, 5.41) is 20.5. The lowest BCUT2D eigenvalue weighted by molar-refractivity contribution is -0.141. The van der Waals surface area contributed by atoms with Gasteiger partial charge in [-0.15, -0.1) is 0 Å². The van der Waals surface area contributed by atoms with Gasteiger partial charge in [0.05, 0.1) is 11.4 Å². The summed E-state index contributed by atoms with van der Waals surface area (Å²) in [6.07, 6.45) is 1.19. The van der Waals surface area contributed by atoms with Gasteiger partial charge in [-0.25, -0.2) is 4.79 Å². The highest BCUT2D eigenvalue weighted by Crippen LogP contribution is 2.26. The molecule has 1 atom stereocenters. The van der Waals surface area contributed by atoms with Crippen molar-refractivity contribution in [1.29, 1.82) is 0 Å². The second-order valence-corrected chi connectivity index (χ2v) is 5.83. The molecule has 0 aliphatic carbocycles. The molecule has 0 unspecified atom stereocenters. The van der Waals surface area contributed by atoms with Gasteiger partial charge in [0.1, 0.15) is 11.7 Å². The smallest absolute Gasteiger partial charge is 0.326 e. The normalized spacial score (nSPS) is 17.7. The van der Waals surface area contributed by atoms with Gasteiger partial charge in [-0.05, 0) is 32.8 Å². The molecule has 0 aromatic carbocycles. The van der Waals surface area contributed by atoms with Crippen LogP contribution in [-0.4, -0.2) is 54.4 Å². The third-order valence-electron chi connectivity index (χ3n) is 4.37. The molecule has 2 aromatic rings. The Balaban J connectivity index is 1.90. The molecule has 8 nitrogen and oxygen atoms in total. The number of aliphatic carboxylic acids is 1. The molecular weight excluding hydrogens is 298 g/mol. The van der Waals surface area contributed by atoms with Crippen molar-refractivity contribution >= 4 is 11.9 Å². The highest BCUT2D eigenvalue weighted by molar-refractivity contribution is 5.96. The first-order chi connectivity index (χ1) is 10.9. The molecular formula is C15H19N5O3. The fraction of sp³-hybridized carbons (Fsp3) is 0.467. The average molecular weight is 317 g/mol. The van der Waals surface area contributed by atoms with Crippen LogP contribution < -0.4 is 0 Å². The number of aromatic nitrogens is 4. The summed E-state index contributed by atoms with van der Waals surface area (Å²) >= 11 is 0. The van der Waals surface area contributed by atoms with E-state index in [0.29, 0.717) is 30.8 Å². The van der Waals surface area contributed by atoms with Crippen LogP contribution in [0.2, 0.25) is 0 Å². The zero-order chi connectivity index (χ0) is 16.7. The topological polar surface area (TPSA) is 104 Å². The van der Waals surface area contributed by atoms with Gasteiger partial charge < -0.3 is 10.0 Å². The number of carbonyl (C=O) groups excluding carboxylic acids is 1. The predicted molar refractivity (Wildman–Crippen MR) is 82.0 cm³/mol. The molecule has 8 heteroatoms. The molecule has 23 heavy (non-hydrogen) atoms. The summed E-state index contributed by atoms with van der Waals surface area (Å²) in [5.41, 5.74) is 3.62. The molecule has 0 saturated carbocycles. The minimum absolute atomic E-state index is 0.302. The lowest BCUT2D eigenvalue weighted by atomic mass is 10.1. The zero-order valence-corrected chi connectivity index (χ0v) is 13.3. The Morgan fingerprint density at radius 2 is 2.13 bits per heavy atom. The SMILES string of the molecule is Cc1nn(C)c(C)c1-c1cc(C(=O)N2CCC[C@H]2C(=O)O)[nH]n1. The molecule has 2 N–H and O–H groups in total. The molecule has 1 aliphatic rings. The first-order valence-electron chi connectivity index (χ1n) is 7.50. The number of hydrogen-bond donors (Lipinski definition) is 2. The van der Waals surface area contributed by atoms with Gasteiger partial charge in [0.2, 0.25) is 0 Å². The fourth-order valence-corrected chi connectivity index (χ4v) is 3.12. The molecule has 0 spiro atoms. The second-order valence-electron chi connectivity index (χ2n) is 5.83. The Morgan fingerprint density at radius 3 is 2.74 bits per heavy atom. The van der Waals surface area contributed by atoms with E-state index in [2.05, 4.69) is 15.3 Å². The number of nitrogens with one attached hydrogen (secondary N) is 1. The number of likely N-dealkylation sites (tertiary alicyclic amines) is 1. The van der Waals surface area contributed by atoms with Gasteiger partial charge in [-0.3, -0.25) is 14.6 Å². The second kappa shape index (κ2) is 5.53. The minimum atomic E-state index is -0.963. The third-order valence-corrected chi connectivity index (χ3v) is 4.37. The van der Waals surface area contributed by atoms with Crippen LogP contribution in [0.5, 0.6) is 0 Å². The first kappa shape index (κ1) is 15.3. The maximum absolute atomic E-state index is 12.6. The summed E-state index contributed by atoms with van der Waals surface area (Å²) < 4.78 is 1.77. The number of aromatic amines is 1. The molecule has 2 aromatic heterocycles. The predicted octanol–water partition coefficient (Wildman–Crippen LogP) is 1.12. The van der Waals surface area contributed by atoms with Crippen LogP contribution in [0.3, 0.4) is 0 Å². The van der Waals surface area contributed by atoms with Gasteiger partial charge in [-0.1, -0.05) is 0 Å². The van der Waals surface area contributed by atoms with Crippen molar-refractivity contribution in [3.8, 4) is 11.3 Å². The van der Waals surface area contributed by atoms with Crippen LogP contribution in [0.15, 0.2) is 6.07 Å². The quantitative estimate of drug-likeness (QED) is 0.882. The molecule has 1 fully saturated rings. The summed E-state index contributed by atoms with van der Waals surface area (Å²) in [5.74, 6) is -1.29. The number of hydrogen-bond acceptors (Lipinski definition) is 4. The number of carbonyl (C=O) groups is 2. The van der Waals surface area contributed by atoms with Crippen molar-refractivity contribution < 1.29 is 14.7 Å². The Bertz CT molecular complexity index is 776. The number of aryl methyl sites for hydroxylation is 2. The number of carboxylic acid groups (broad SMARTS) is 1. The Morgan fingerprint density at radius 1 is 1.39 bits per heavy atom. The zero-order valence-electron chi connectivity index (χ0n) is 13.3. The van der Waals surface area contributed by atoms with E-state index >= 15 is 0 Å². The van der Waals surface area contributed by atoms with Crippen LogP contribution in [0.1, 0.15) is 34.7 Å². The van der Waals surface area contributed by atoms with Gasteiger partial charge >= 0.3 is 5.97 Å². The summed E-state index contributed by atoms with van der Waals surface area (Å²) in [7, 11) is 1.85. The maximum atomic E-state index is 12.6. The Hall–Kier alpha value is -2.64. The van der Waals surface area contributed by atoms with E-state index in [1.807, 2.05) is 20.9 Å². The highest BCUT2D eigenvalue weighted by Gasteiger charge is 2.35. The molecule has 0 radical (unpaired) electrons. The number of rotatable bonds is 3. The van der Waals surface area contributed by atoms with Crippen LogP contribution in [0.4, 0.5) is 0 Å². The lowest BCUT2D eigenvalue weighted by Gasteiger charge is -2.20. The van der Waals surface area contributed by atoms with E-state index in [-0.39, 0.29) is 5.91 Å². The Kier molecular flexibility index (Phi) is 3.67. The molecule has 1 amide bonds. The Labute approximate surface area is 133 Å². The van der Waals surface area contributed by atoms with Gasteiger partial charge in [0.25, 0.3) is 5.91 Å². The van der Waals surface area contributed by atoms with Crippen molar-refractivity contribution in [1.82, 2.24) is 24.9 Å². The third kappa shape index (κ3) is 2.49. The molecule has 0 bridgehead atoms. The first-order valence-corrected chi connectivity index (χ1v) is 7.50. The summed E-state index contributed by atoms with van der Waals surface area (Å²) in [6, 6.07) is 0.910. The van der Waals surface area contributed by atoms with E-state index in [0.717, 1.165) is 17.0 Å². The average Bonchev–Trinajstić information content (AvgIpc) is 3.19. The monoisotopic (exact) mass is 317 g/mol. The summed E-state index contributed by atoms with van der Waals surface area (Å²) in [6.45, 7) is 4.28. The van der Waals surface area contributed by atoms with Crippen LogP contribution in [0.25, 0.3) is 11.3 Å². The minimum Gasteiger partial charge on any atom is -0.480 e. The fourth-order valence-electron chi connectivity index (χ4n) is 3.12. The summed E-state index contributed by atoms with van der Waals surface area (Å²) in [4.78, 5) is 25.2. The number of H-pyrrole nitrogens is 1. The van der Waals surface area contributed by atoms with Crippen molar-refractivity contribution in [2.45, 2.75) is 32.7 Å². The van der Waals surface area contributed by atoms with E-state index in [4.69, 9.17) is 0 Å². The van der Waals surface area contributed by atoms with Gasteiger partial charge in [-0.2, -0.15) is 10.2 Å². The van der Waals surface area contributed by atoms with Gasteiger partial charge in [0.15, 0.2) is 0 Å². The van der Waals surface area contributed by atoms with Crippen molar-refractivity contribution in [2.24, 2.45) is 7.05 Å². The van der Waals surface area contributed by atoms with E-state index < -0.39 is 12.0 Å². The van der Waals surface area contributed by atoms with Crippen molar-refractivity contribution in [3.05, 3.63) is 23.1 Å². The highest BCUT2D eigenvalue weighted by atomic mass is 16.4. The maximum Gasteiger partial charge on any atom is 0.326 e. The molecule has 1 aliphatic heterocycles. The molecule has 122 valence electrons. The number of nitrogens with zero attached hydrogens (tertiary/aromatic N) is 4. The van der Waals surface area contributed by atoms with E-state index in [1.54, 1.807) is 10.7 Å². The molecule has 3 heterocycles. The van der Waals surface area contributed by atoms with Crippen LogP contribution >= 0.6 is 0 Å². The van der Waals surface area contributed by atoms with Gasteiger partial charge in [0, 0.05) is 24.8 Å². The lowest BCUT2D eigenvalue weighted by Crippen LogP contribution is -2.40. The molecule has 3 rings (SSSR count). The van der Waals surface area contributed by atoms with Crippen molar-refractivity contribution in [3.63, 3.8) is 0 Å².